The van der Waals surface area contributed by atoms with Crippen LogP contribution in [0.3, 0.4) is 0 Å². The highest BCUT2D eigenvalue weighted by atomic mass is 35.5. The molecule has 1 aromatic rings. The Kier molecular flexibility index (Phi) is 3.39. The Morgan fingerprint density at radius 1 is 1.46 bits per heavy atom. The van der Waals surface area contributed by atoms with Crippen LogP contribution in [0, 0.1) is 0 Å². The maximum Gasteiger partial charge on any atom is 0.121 e. The van der Waals surface area contributed by atoms with Crippen molar-refractivity contribution in [2.45, 2.75) is 20.0 Å². The monoisotopic (exact) mass is 200 g/mol. The van der Waals surface area contributed by atoms with E-state index in [0.29, 0.717) is 5.69 Å². The fraction of sp³-hybridized carbons (Fsp3) is 0.333. The second kappa shape index (κ2) is 4.35. The van der Waals surface area contributed by atoms with Crippen molar-refractivity contribution in [2.75, 3.05) is 4.53 Å². The molecule has 3 nitrogen and oxygen atoms in total. The molecule has 13 heavy (non-hydrogen) atoms. The molecule has 0 aliphatic carbocycles. The molecule has 1 rings (SSSR count). The topological polar surface area (TPSA) is 38.5 Å². The summed E-state index contributed by atoms with van der Waals surface area (Å²) in [4.78, 5) is 0. The van der Waals surface area contributed by atoms with Crippen LogP contribution in [0.4, 0.5) is 5.69 Å². The van der Waals surface area contributed by atoms with E-state index in [9.17, 15) is 0 Å². The minimum atomic E-state index is 0.150. The van der Waals surface area contributed by atoms with Crippen LogP contribution in [0.15, 0.2) is 24.3 Å². The molecule has 0 saturated carbocycles. The van der Waals surface area contributed by atoms with Crippen LogP contribution in [0.1, 0.15) is 13.8 Å². The number of ether oxygens (including phenoxy) is 1. The van der Waals surface area contributed by atoms with Gasteiger partial charge in [0.15, 0.2) is 0 Å². The minimum Gasteiger partial charge on any atom is -0.491 e. The van der Waals surface area contributed by atoms with Crippen molar-refractivity contribution in [3.05, 3.63) is 24.3 Å². The maximum absolute atomic E-state index is 5.57. The molecule has 0 radical (unpaired) electrons. The van der Waals surface area contributed by atoms with Crippen molar-refractivity contribution < 1.29 is 4.74 Å². The zero-order valence-corrected chi connectivity index (χ0v) is 8.45. The van der Waals surface area contributed by atoms with Gasteiger partial charge in [-0.25, -0.2) is 10.4 Å². The Labute approximate surface area is 83.1 Å². The van der Waals surface area contributed by atoms with Gasteiger partial charge in [0, 0.05) is 17.8 Å². The van der Waals surface area contributed by atoms with Crippen LogP contribution < -0.4 is 15.1 Å². The molecule has 0 unspecified atom stereocenters. The lowest BCUT2D eigenvalue weighted by Crippen LogP contribution is -2.18. The van der Waals surface area contributed by atoms with E-state index in [4.69, 9.17) is 22.4 Å². The van der Waals surface area contributed by atoms with Crippen LogP contribution in [0.5, 0.6) is 5.75 Å². The van der Waals surface area contributed by atoms with Crippen LogP contribution >= 0.6 is 11.8 Å². The predicted molar refractivity (Wildman–Crippen MR) is 54.7 cm³/mol. The standard InChI is InChI=1S/C9H13ClN2O/c1-7(2)13-9-5-3-4-8(6-9)12(10)11/h3-7H,11H2,1-2H3. The van der Waals surface area contributed by atoms with Gasteiger partial charge in [-0.05, 0) is 26.0 Å². The van der Waals surface area contributed by atoms with E-state index in [2.05, 4.69) is 0 Å². The van der Waals surface area contributed by atoms with Crippen LogP contribution in [0.25, 0.3) is 0 Å². The smallest absolute Gasteiger partial charge is 0.121 e. The molecule has 0 amide bonds. The number of rotatable bonds is 3. The molecule has 1 aromatic carbocycles. The summed E-state index contributed by atoms with van der Waals surface area (Å²) in [5, 5.41) is 0. The molecule has 4 heteroatoms. The second-order valence-electron chi connectivity index (χ2n) is 2.98. The lowest BCUT2D eigenvalue weighted by Gasteiger charge is -2.12. The fourth-order valence-electron chi connectivity index (χ4n) is 0.962. The van der Waals surface area contributed by atoms with Crippen molar-refractivity contribution in [1.82, 2.24) is 0 Å². The summed E-state index contributed by atoms with van der Waals surface area (Å²) in [7, 11) is 0. The first-order chi connectivity index (χ1) is 6.09. The number of hydrogen-bond donors (Lipinski definition) is 1. The largest absolute Gasteiger partial charge is 0.491 e. The van der Waals surface area contributed by atoms with Crippen LogP contribution in [-0.2, 0) is 0 Å². The van der Waals surface area contributed by atoms with E-state index in [1.54, 1.807) is 12.1 Å². The van der Waals surface area contributed by atoms with Gasteiger partial charge in [0.25, 0.3) is 0 Å². The van der Waals surface area contributed by atoms with Gasteiger partial charge in [-0.3, -0.25) is 0 Å². The minimum absolute atomic E-state index is 0.150. The summed E-state index contributed by atoms with van der Waals surface area (Å²) < 4.78 is 6.50. The van der Waals surface area contributed by atoms with E-state index < -0.39 is 0 Å². The molecule has 0 saturated heterocycles. The lowest BCUT2D eigenvalue weighted by atomic mass is 10.3. The number of halogens is 1. The van der Waals surface area contributed by atoms with Gasteiger partial charge in [0.2, 0.25) is 0 Å². The number of anilines is 1. The maximum atomic E-state index is 5.57. The molecule has 2 N–H and O–H groups in total. The third-order valence-electron chi connectivity index (χ3n) is 1.44. The highest BCUT2D eigenvalue weighted by molar-refractivity contribution is 6.24. The predicted octanol–water partition coefficient (Wildman–Crippen LogP) is 2.31. The fourth-order valence-corrected chi connectivity index (χ4v) is 1.07. The third-order valence-corrected chi connectivity index (χ3v) is 1.63. The molecule has 0 aliphatic rings. The number of nitrogens with two attached hydrogens (primary N) is 1. The van der Waals surface area contributed by atoms with Crippen LogP contribution in [0.2, 0.25) is 0 Å². The number of hydrazine groups is 1. The van der Waals surface area contributed by atoms with Crippen LogP contribution in [-0.4, -0.2) is 6.10 Å². The lowest BCUT2D eigenvalue weighted by molar-refractivity contribution is 0.242. The normalized spacial score (nSPS) is 10.2. The molecular weight excluding hydrogens is 188 g/mol. The SMILES string of the molecule is CC(C)Oc1cccc(N(N)Cl)c1. The molecule has 0 fully saturated rings. The van der Waals surface area contributed by atoms with E-state index >= 15 is 0 Å². The van der Waals surface area contributed by atoms with E-state index in [-0.39, 0.29) is 6.10 Å². The van der Waals surface area contributed by atoms with E-state index in [1.807, 2.05) is 26.0 Å². The molecular formula is C9H13ClN2O. The molecule has 0 bridgehead atoms. The van der Waals surface area contributed by atoms with Gasteiger partial charge in [-0.15, -0.1) is 0 Å². The third kappa shape index (κ3) is 3.13. The zero-order valence-electron chi connectivity index (χ0n) is 7.70. The van der Waals surface area contributed by atoms with Gasteiger partial charge >= 0.3 is 0 Å². The van der Waals surface area contributed by atoms with E-state index in [0.717, 1.165) is 10.3 Å². The van der Waals surface area contributed by atoms with Crippen molar-refractivity contribution in [3.63, 3.8) is 0 Å². The molecule has 0 aromatic heterocycles. The molecule has 0 aliphatic heterocycles. The number of hydrogen-bond acceptors (Lipinski definition) is 3. The van der Waals surface area contributed by atoms with Crippen molar-refractivity contribution in [2.24, 2.45) is 5.84 Å². The summed E-state index contributed by atoms with van der Waals surface area (Å²) in [5.41, 5.74) is 0.708. The molecule has 0 atom stereocenters. The summed E-state index contributed by atoms with van der Waals surface area (Å²) in [6.45, 7) is 3.93. The zero-order chi connectivity index (χ0) is 9.84. The Bertz CT molecular complexity index is 276. The Morgan fingerprint density at radius 2 is 2.15 bits per heavy atom. The molecule has 72 valence electrons. The average Bonchev–Trinajstić information content (AvgIpc) is 2.03. The van der Waals surface area contributed by atoms with Gasteiger partial charge in [-0.2, -0.15) is 0 Å². The first-order valence-corrected chi connectivity index (χ1v) is 4.40. The highest BCUT2D eigenvalue weighted by Crippen LogP contribution is 2.20. The van der Waals surface area contributed by atoms with Gasteiger partial charge < -0.3 is 4.74 Å². The quantitative estimate of drug-likeness (QED) is 0.462. The van der Waals surface area contributed by atoms with E-state index in [1.165, 1.54) is 0 Å². The average molecular weight is 201 g/mol. The van der Waals surface area contributed by atoms with Crippen molar-refractivity contribution in [3.8, 4) is 5.75 Å². The highest BCUT2D eigenvalue weighted by Gasteiger charge is 2.01. The first-order valence-electron chi connectivity index (χ1n) is 4.07. The van der Waals surface area contributed by atoms with Crippen molar-refractivity contribution >= 4 is 17.5 Å². The Balaban J connectivity index is 2.79. The summed E-state index contributed by atoms with van der Waals surface area (Å²) >= 11 is 5.57. The number of benzene rings is 1. The van der Waals surface area contributed by atoms with Gasteiger partial charge in [0.1, 0.15) is 5.75 Å². The Morgan fingerprint density at radius 3 is 2.69 bits per heavy atom. The van der Waals surface area contributed by atoms with Gasteiger partial charge in [0.05, 0.1) is 11.8 Å². The second-order valence-corrected chi connectivity index (χ2v) is 3.34. The van der Waals surface area contributed by atoms with Gasteiger partial charge in [-0.1, -0.05) is 6.07 Å². The number of nitrogens with zero attached hydrogens (tertiary/aromatic N) is 1. The molecule has 0 heterocycles. The molecule has 0 spiro atoms. The summed E-state index contributed by atoms with van der Waals surface area (Å²) in [6, 6.07) is 7.30. The summed E-state index contributed by atoms with van der Waals surface area (Å²) in [5.74, 6) is 6.12. The Hall–Kier alpha value is -0.930. The van der Waals surface area contributed by atoms with Crippen molar-refractivity contribution in [1.29, 1.82) is 0 Å². The summed E-state index contributed by atoms with van der Waals surface area (Å²) in [6.07, 6.45) is 0.150. The first kappa shape index (κ1) is 10.2.